The van der Waals surface area contributed by atoms with E-state index in [9.17, 15) is 31.5 Å². The molecule has 134 valence electrons. The van der Waals surface area contributed by atoms with Crippen LogP contribution in [-0.4, -0.2) is 28.6 Å². The Bertz CT molecular complexity index is 643. The van der Waals surface area contributed by atoms with Gasteiger partial charge in [-0.25, -0.2) is 23.4 Å². The van der Waals surface area contributed by atoms with Crippen LogP contribution in [0.15, 0.2) is 0 Å². The van der Waals surface area contributed by atoms with Crippen molar-refractivity contribution in [1.29, 1.82) is 0 Å². The first kappa shape index (κ1) is 19.8. The number of halogens is 5. The molecule has 5 nitrogen and oxygen atoms in total. The van der Waals surface area contributed by atoms with Crippen LogP contribution in [0.1, 0.15) is 64.4 Å². The van der Waals surface area contributed by atoms with Crippen molar-refractivity contribution in [2.75, 3.05) is 6.61 Å². The van der Waals surface area contributed by atoms with Crippen LogP contribution in [-0.2, 0) is 17.3 Å². The summed E-state index contributed by atoms with van der Waals surface area (Å²) in [7, 11) is 0. The predicted molar refractivity (Wildman–Crippen MR) is 71.1 cm³/mol. The summed E-state index contributed by atoms with van der Waals surface area (Å²) in [5.74, 6) is -3.34. The third-order valence-corrected chi connectivity index (χ3v) is 3.00. The summed E-state index contributed by atoms with van der Waals surface area (Å²) in [5, 5.41) is 9.15. The van der Waals surface area contributed by atoms with E-state index in [2.05, 4.69) is 9.72 Å². The van der Waals surface area contributed by atoms with Crippen LogP contribution < -0.4 is 0 Å². The number of hydrogen-bond acceptors (Lipinski definition) is 4. The Hall–Kier alpha value is -2.26. The van der Waals surface area contributed by atoms with Gasteiger partial charge in [-0.3, -0.25) is 0 Å². The molecule has 0 saturated carbocycles. The second-order valence-electron chi connectivity index (χ2n) is 4.65. The van der Waals surface area contributed by atoms with Crippen LogP contribution >= 0.6 is 0 Å². The van der Waals surface area contributed by atoms with Crippen molar-refractivity contribution < 1.29 is 41.4 Å². The van der Waals surface area contributed by atoms with Gasteiger partial charge in [0.1, 0.15) is 5.69 Å². The zero-order valence-corrected chi connectivity index (χ0v) is 12.7. The maximum atomic E-state index is 13.2. The molecule has 0 aliphatic rings. The molecular formula is C14H14F5NO4. The number of hydrogen-bond donors (Lipinski definition) is 1. The van der Waals surface area contributed by atoms with Crippen LogP contribution in [0.3, 0.4) is 0 Å². The highest BCUT2D eigenvalue weighted by atomic mass is 19.4. The molecule has 0 unspecified atom stereocenters. The van der Waals surface area contributed by atoms with Crippen LogP contribution in [0.4, 0.5) is 22.0 Å². The van der Waals surface area contributed by atoms with Gasteiger partial charge in [-0.15, -0.1) is 0 Å². The number of alkyl halides is 5. The molecule has 0 amide bonds. The van der Waals surface area contributed by atoms with E-state index in [4.69, 9.17) is 5.11 Å². The Labute approximate surface area is 133 Å². The Morgan fingerprint density at radius 2 is 1.79 bits per heavy atom. The summed E-state index contributed by atoms with van der Waals surface area (Å²) >= 11 is 0. The summed E-state index contributed by atoms with van der Waals surface area (Å²) in [6.45, 7) is 2.56. The van der Waals surface area contributed by atoms with E-state index >= 15 is 0 Å². The van der Waals surface area contributed by atoms with Gasteiger partial charge in [0.15, 0.2) is 5.69 Å². The van der Waals surface area contributed by atoms with E-state index in [1.54, 1.807) is 0 Å². The highest BCUT2D eigenvalue weighted by Crippen LogP contribution is 2.37. The van der Waals surface area contributed by atoms with Gasteiger partial charge in [0.05, 0.1) is 17.7 Å². The highest BCUT2D eigenvalue weighted by molar-refractivity contribution is 5.99. The minimum absolute atomic E-state index is 0.122. The molecule has 0 atom stereocenters. The first-order valence-electron chi connectivity index (χ1n) is 6.88. The first-order valence-corrected chi connectivity index (χ1v) is 6.88. The van der Waals surface area contributed by atoms with Gasteiger partial charge in [-0.2, -0.15) is 13.2 Å². The Balaban J connectivity index is 3.96. The molecule has 1 rings (SSSR count). The number of aromatic carboxylic acids is 1. The summed E-state index contributed by atoms with van der Waals surface area (Å²) in [4.78, 5) is 26.0. The number of rotatable bonds is 6. The fourth-order valence-corrected chi connectivity index (χ4v) is 2.18. The van der Waals surface area contributed by atoms with E-state index in [0.717, 1.165) is 0 Å². The SMILES string of the molecule is CCCc1c(C(=O)O)c(C(F)F)nc(C(F)(F)F)c1C(=O)OCC. The lowest BCUT2D eigenvalue weighted by Gasteiger charge is -2.19. The maximum Gasteiger partial charge on any atom is 0.434 e. The summed E-state index contributed by atoms with van der Waals surface area (Å²) in [6.07, 6.45) is -8.99. The Morgan fingerprint density at radius 1 is 1.21 bits per heavy atom. The molecule has 24 heavy (non-hydrogen) atoms. The van der Waals surface area contributed by atoms with Crippen molar-refractivity contribution in [3.8, 4) is 0 Å². The topological polar surface area (TPSA) is 76.5 Å². The van der Waals surface area contributed by atoms with E-state index in [-0.39, 0.29) is 19.4 Å². The van der Waals surface area contributed by atoms with Crippen molar-refractivity contribution in [3.05, 3.63) is 28.1 Å². The lowest BCUT2D eigenvalue weighted by Crippen LogP contribution is -2.24. The molecule has 10 heteroatoms. The van der Waals surface area contributed by atoms with Crippen molar-refractivity contribution in [2.24, 2.45) is 0 Å². The standard InChI is InChI=1S/C14H14F5NO4/c1-3-5-6-7(12(21)22)9(11(15)16)20-10(14(17,18)19)8(6)13(23)24-4-2/h11H,3-5H2,1-2H3,(H,21,22). The summed E-state index contributed by atoms with van der Waals surface area (Å²) < 4.78 is 70.2. The normalized spacial score (nSPS) is 11.7. The summed E-state index contributed by atoms with van der Waals surface area (Å²) in [6, 6.07) is 0. The first-order chi connectivity index (χ1) is 11.1. The Kier molecular flexibility index (Phi) is 6.22. The number of nitrogens with zero attached hydrogens (tertiary/aromatic N) is 1. The second-order valence-corrected chi connectivity index (χ2v) is 4.65. The molecule has 0 bridgehead atoms. The molecule has 1 aromatic heterocycles. The fraction of sp³-hybridized carbons (Fsp3) is 0.500. The van der Waals surface area contributed by atoms with Crippen molar-refractivity contribution in [1.82, 2.24) is 4.98 Å². The number of pyridine rings is 1. The number of carboxylic acids is 1. The van der Waals surface area contributed by atoms with Crippen molar-refractivity contribution in [2.45, 2.75) is 39.3 Å². The molecule has 1 heterocycles. The molecule has 0 saturated heterocycles. The van der Waals surface area contributed by atoms with E-state index < -0.39 is 52.6 Å². The average molecular weight is 355 g/mol. The average Bonchev–Trinajstić information content (AvgIpc) is 2.44. The van der Waals surface area contributed by atoms with Crippen LogP contribution in [0.5, 0.6) is 0 Å². The quantitative estimate of drug-likeness (QED) is 0.619. The van der Waals surface area contributed by atoms with E-state index in [1.165, 1.54) is 13.8 Å². The van der Waals surface area contributed by atoms with Crippen LogP contribution in [0.2, 0.25) is 0 Å². The largest absolute Gasteiger partial charge is 0.478 e. The Morgan fingerprint density at radius 3 is 2.17 bits per heavy atom. The van der Waals surface area contributed by atoms with Gasteiger partial charge in [0.2, 0.25) is 0 Å². The third-order valence-electron chi connectivity index (χ3n) is 3.00. The molecule has 0 aromatic carbocycles. The molecule has 1 N–H and O–H groups in total. The molecule has 0 fully saturated rings. The lowest BCUT2D eigenvalue weighted by molar-refractivity contribution is -0.142. The second kappa shape index (κ2) is 7.54. The van der Waals surface area contributed by atoms with E-state index in [0.29, 0.717) is 0 Å². The number of carbonyl (C=O) groups excluding carboxylic acids is 1. The van der Waals surface area contributed by atoms with Crippen LogP contribution in [0, 0.1) is 0 Å². The van der Waals surface area contributed by atoms with Gasteiger partial charge in [0, 0.05) is 0 Å². The van der Waals surface area contributed by atoms with E-state index in [1.807, 2.05) is 0 Å². The third kappa shape index (κ3) is 3.98. The lowest BCUT2D eigenvalue weighted by atomic mass is 9.94. The van der Waals surface area contributed by atoms with Gasteiger partial charge in [-0.05, 0) is 18.9 Å². The number of carbonyl (C=O) groups is 2. The molecule has 0 spiro atoms. The highest BCUT2D eigenvalue weighted by Gasteiger charge is 2.42. The fourth-order valence-electron chi connectivity index (χ4n) is 2.18. The minimum atomic E-state index is -5.23. The number of carboxylic acid groups (broad SMARTS) is 1. The zero-order chi connectivity index (χ0) is 18.7. The molecule has 0 aliphatic carbocycles. The maximum absolute atomic E-state index is 13.2. The van der Waals surface area contributed by atoms with Crippen molar-refractivity contribution >= 4 is 11.9 Å². The number of aromatic nitrogens is 1. The monoisotopic (exact) mass is 355 g/mol. The van der Waals surface area contributed by atoms with Gasteiger partial charge in [-0.1, -0.05) is 13.3 Å². The molecule has 0 radical (unpaired) electrons. The predicted octanol–water partition coefficient (Wildman–Crippen LogP) is 3.87. The van der Waals surface area contributed by atoms with Gasteiger partial charge in [0.25, 0.3) is 6.43 Å². The molecular weight excluding hydrogens is 341 g/mol. The van der Waals surface area contributed by atoms with Crippen LogP contribution in [0.25, 0.3) is 0 Å². The number of ether oxygens (including phenoxy) is 1. The molecule has 1 aromatic rings. The van der Waals surface area contributed by atoms with Gasteiger partial charge < -0.3 is 9.84 Å². The van der Waals surface area contributed by atoms with Gasteiger partial charge >= 0.3 is 18.1 Å². The molecule has 0 aliphatic heterocycles. The summed E-state index contributed by atoms with van der Waals surface area (Å²) in [5.41, 5.74) is -6.27. The smallest absolute Gasteiger partial charge is 0.434 e. The zero-order valence-electron chi connectivity index (χ0n) is 12.7. The van der Waals surface area contributed by atoms with Crippen molar-refractivity contribution in [3.63, 3.8) is 0 Å². The minimum Gasteiger partial charge on any atom is -0.478 e. The number of esters is 1.